The van der Waals surface area contributed by atoms with Crippen LogP contribution in [-0.2, 0) is 11.2 Å². The predicted octanol–water partition coefficient (Wildman–Crippen LogP) is 2.64. The third-order valence-electron chi connectivity index (χ3n) is 1.76. The van der Waals surface area contributed by atoms with E-state index in [1.165, 1.54) is 17.2 Å². The lowest BCUT2D eigenvalue weighted by molar-refractivity contribution is 0.563. The van der Waals surface area contributed by atoms with Crippen LogP contribution in [0.5, 0.6) is 0 Å². The summed E-state index contributed by atoms with van der Waals surface area (Å²) in [5, 5.41) is 0. The molecule has 1 rings (SSSR count). The molecule has 0 bridgehead atoms. The van der Waals surface area contributed by atoms with Crippen LogP contribution in [0.4, 0.5) is 0 Å². The minimum atomic E-state index is 0.506. The highest BCUT2D eigenvalue weighted by atomic mass is 79.9. The fourth-order valence-electron chi connectivity index (χ4n) is 1.12. The van der Waals surface area contributed by atoms with Gasteiger partial charge in [-0.3, -0.25) is 0 Å². The second kappa shape index (κ2) is 4.95. The summed E-state index contributed by atoms with van der Waals surface area (Å²) in [6.07, 6.45) is 2.31. The highest BCUT2D eigenvalue weighted by Gasteiger charge is 1.98. The Morgan fingerprint density at radius 2 is 2.31 bits per heavy atom. The molecule has 0 N–H and O–H groups in total. The number of carbonyl (C=O) groups excluding carboxylic acids is 1. The standard InChI is InChI=1S/C10H10BrNO/c1-8-2-3-10(11)9(6-8)4-5-12-7-13/h2-3,6H,4-5H2,1H3. The van der Waals surface area contributed by atoms with Gasteiger partial charge in [0.05, 0.1) is 6.54 Å². The first-order valence-electron chi connectivity index (χ1n) is 4.02. The van der Waals surface area contributed by atoms with E-state index in [1.54, 1.807) is 0 Å². The Morgan fingerprint density at radius 3 is 3.00 bits per heavy atom. The van der Waals surface area contributed by atoms with Gasteiger partial charge in [0.25, 0.3) is 0 Å². The first-order valence-corrected chi connectivity index (χ1v) is 4.82. The average Bonchev–Trinajstić information content (AvgIpc) is 2.11. The molecule has 0 radical (unpaired) electrons. The maximum atomic E-state index is 9.84. The van der Waals surface area contributed by atoms with E-state index in [1.807, 2.05) is 19.1 Å². The van der Waals surface area contributed by atoms with Gasteiger partial charge in [0.1, 0.15) is 0 Å². The van der Waals surface area contributed by atoms with E-state index in [0.717, 1.165) is 10.9 Å². The SMILES string of the molecule is Cc1ccc(Br)c(CCN=C=O)c1. The second-order valence-corrected chi connectivity index (χ2v) is 3.67. The van der Waals surface area contributed by atoms with Crippen molar-refractivity contribution in [2.45, 2.75) is 13.3 Å². The molecule has 68 valence electrons. The number of hydrogen-bond donors (Lipinski definition) is 0. The quantitative estimate of drug-likeness (QED) is 0.589. The molecule has 0 saturated carbocycles. The Hall–Kier alpha value is -0.920. The van der Waals surface area contributed by atoms with Crippen LogP contribution in [0.15, 0.2) is 27.7 Å². The summed E-state index contributed by atoms with van der Waals surface area (Å²) < 4.78 is 1.07. The summed E-state index contributed by atoms with van der Waals surface area (Å²) in [4.78, 5) is 13.4. The summed E-state index contributed by atoms with van der Waals surface area (Å²) in [7, 11) is 0. The highest BCUT2D eigenvalue weighted by Crippen LogP contribution is 2.18. The van der Waals surface area contributed by atoms with Crippen LogP contribution in [0, 0.1) is 6.92 Å². The van der Waals surface area contributed by atoms with E-state index in [9.17, 15) is 4.79 Å². The first-order chi connectivity index (χ1) is 6.24. The molecule has 0 amide bonds. The molecule has 0 aliphatic heterocycles. The molecule has 3 heteroatoms. The number of rotatable bonds is 3. The predicted molar refractivity (Wildman–Crippen MR) is 55.6 cm³/mol. The first kappa shape index (κ1) is 10.2. The summed E-state index contributed by atoms with van der Waals surface area (Å²) in [6.45, 7) is 2.55. The Bertz CT molecular complexity index is 343. The minimum Gasteiger partial charge on any atom is -0.211 e. The third kappa shape index (κ3) is 3.13. The van der Waals surface area contributed by atoms with Crippen molar-refractivity contribution in [1.82, 2.24) is 0 Å². The summed E-state index contributed by atoms with van der Waals surface area (Å²) in [6, 6.07) is 6.14. The van der Waals surface area contributed by atoms with Crippen LogP contribution < -0.4 is 0 Å². The van der Waals surface area contributed by atoms with Crippen molar-refractivity contribution in [1.29, 1.82) is 0 Å². The van der Waals surface area contributed by atoms with Crippen LogP contribution in [0.3, 0.4) is 0 Å². The molecule has 13 heavy (non-hydrogen) atoms. The molecule has 1 aromatic rings. The van der Waals surface area contributed by atoms with Gasteiger partial charge in [-0.05, 0) is 25.0 Å². The van der Waals surface area contributed by atoms with E-state index in [0.29, 0.717) is 6.54 Å². The maximum absolute atomic E-state index is 9.84. The van der Waals surface area contributed by atoms with Crippen molar-refractivity contribution in [3.05, 3.63) is 33.8 Å². The summed E-state index contributed by atoms with van der Waals surface area (Å²) >= 11 is 3.44. The lowest BCUT2D eigenvalue weighted by Gasteiger charge is -2.02. The number of halogens is 1. The van der Waals surface area contributed by atoms with Crippen LogP contribution in [0.1, 0.15) is 11.1 Å². The van der Waals surface area contributed by atoms with Gasteiger partial charge in [-0.2, -0.15) is 0 Å². The second-order valence-electron chi connectivity index (χ2n) is 2.82. The van der Waals surface area contributed by atoms with Gasteiger partial charge in [0.2, 0.25) is 6.08 Å². The Labute approximate surface area is 85.8 Å². The minimum absolute atomic E-state index is 0.506. The fourth-order valence-corrected chi connectivity index (χ4v) is 1.56. The topological polar surface area (TPSA) is 29.4 Å². The summed E-state index contributed by atoms with van der Waals surface area (Å²) in [5.74, 6) is 0. The lowest BCUT2D eigenvalue weighted by atomic mass is 10.1. The zero-order chi connectivity index (χ0) is 9.68. The zero-order valence-corrected chi connectivity index (χ0v) is 8.97. The third-order valence-corrected chi connectivity index (χ3v) is 2.53. The van der Waals surface area contributed by atoms with Gasteiger partial charge < -0.3 is 0 Å². The van der Waals surface area contributed by atoms with E-state index in [2.05, 4.69) is 27.0 Å². The number of isocyanates is 1. The Morgan fingerprint density at radius 1 is 1.54 bits per heavy atom. The smallest absolute Gasteiger partial charge is 0.211 e. The molecule has 0 aromatic heterocycles. The van der Waals surface area contributed by atoms with Crippen molar-refractivity contribution >= 4 is 22.0 Å². The molecule has 0 aliphatic rings. The monoisotopic (exact) mass is 239 g/mol. The Kier molecular flexibility index (Phi) is 3.87. The molecule has 0 spiro atoms. The molecule has 2 nitrogen and oxygen atoms in total. The van der Waals surface area contributed by atoms with Gasteiger partial charge >= 0.3 is 0 Å². The summed E-state index contributed by atoms with van der Waals surface area (Å²) in [5.41, 5.74) is 2.40. The van der Waals surface area contributed by atoms with Crippen LogP contribution in [-0.4, -0.2) is 12.6 Å². The van der Waals surface area contributed by atoms with Crippen molar-refractivity contribution in [2.75, 3.05) is 6.54 Å². The number of benzene rings is 1. The molecule has 1 aromatic carbocycles. The van der Waals surface area contributed by atoms with Gasteiger partial charge in [-0.25, -0.2) is 9.79 Å². The van der Waals surface area contributed by atoms with Crippen LogP contribution in [0.2, 0.25) is 0 Å². The molecular formula is C10H10BrNO. The highest BCUT2D eigenvalue weighted by molar-refractivity contribution is 9.10. The van der Waals surface area contributed by atoms with Crippen LogP contribution >= 0.6 is 15.9 Å². The van der Waals surface area contributed by atoms with E-state index < -0.39 is 0 Å². The molecule has 0 aliphatic carbocycles. The number of aliphatic imine (C=N–C) groups is 1. The molecule has 0 atom stereocenters. The molecule has 0 heterocycles. The largest absolute Gasteiger partial charge is 0.234 e. The van der Waals surface area contributed by atoms with Gasteiger partial charge in [-0.1, -0.05) is 33.6 Å². The molecular weight excluding hydrogens is 230 g/mol. The van der Waals surface area contributed by atoms with E-state index in [4.69, 9.17) is 0 Å². The van der Waals surface area contributed by atoms with Gasteiger partial charge in [-0.15, -0.1) is 0 Å². The molecule has 0 saturated heterocycles. The maximum Gasteiger partial charge on any atom is 0.234 e. The van der Waals surface area contributed by atoms with E-state index >= 15 is 0 Å². The van der Waals surface area contributed by atoms with Crippen LogP contribution in [0.25, 0.3) is 0 Å². The van der Waals surface area contributed by atoms with Gasteiger partial charge in [0, 0.05) is 4.47 Å². The molecule has 0 unspecified atom stereocenters. The number of aryl methyl sites for hydroxylation is 1. The van der Waals surface area contributed by atoms with Crippen molar-refractivity contribution in [3.63, 3.8) is 0 Å². The van der Waals surface area contributed by atoms with Gasteiger partial charge in [0.15, 0.2) is 0 Å². The lowest BCUT2D eigenvalue weighted by Crippen LogP contribution is -1.91. The number of hydrogen-bond acceptors (Lipinski definition) is 2. The fraction of sp³-hybridized carbons (Fsp3) is 0.300. The van der Waals surface area contributed by atoms with Crippen molar-refractivity contribution < 1.29 is 4.79 Å². The number of nitrogens with zero attached hydrogens (tertiary/aromatic N) is 1. The normalized spacial score (nSPS) is 9.38. The van der Waals surface area contributed by atoms with Crippen molar-refractivity contribution in [3.8, 4) is 0 Å². The zero-order valence-electron chi connectivity index (χ0n) is 7.38. The Balaban J connectivity index is 2.75. The molecule has 0 fully saturated rings. The van der Waals surface area contributed by atoms with Crippen molar-refractivity contribution in [2.24, 2.45) is 4.99 Å². The van der Waals surface area contributed by atoms with E-state index in [-0.39, 0.29) is 0 Å². The average molecular weight is 240 g/mol.